The molecule has 2 aromatic rings. The van der Waals surface area contributed by atoms with Gasteiger partial charge in [-0.2, -0.15) is 0 Å². The van der Waals surface area contributed by atoms with E-state index < -0.39 is 0 Å². The molecule has 1 nitrogen and oxygen atoms in total. The molecule has 1 heteroatoms. The Hall–Kier alpha value is -1.60. The molecule has 0 aliphatic heterocycles. The van der Waals surface area contributed by atoms with Gasteiger partial charge in [0.15, 0.2) is 0 Å². The average molecular weight is 265 g/mol. The first-order chi connectivity index (χ1) is 9.81. The Kier molecular flexibility index (Phi) is 3.88. The molecule has 104 valence electrons. The molecule has 1 saturated carbocycles. The predicted octanol–water partition coefficient (Wildman–Crippen LogP) is 4.07. The number of rotatable bonds is 4. The van der Waals surface area contributed by atoms with Crippen LogP contribution in [0.15, 0.2) is 60.7 Å². The molecule has 0 saturated heterocycles. The Labute approximate surface area is 121 Å². The molecule has 0 bridgehead atoms. The largest absolute Gasteiger partial charge is 0.327 e. The summed E-state index contributed by atoms with van der Waals surface area (Å²) in [6.45, 7) is 0. The van der Waals surface area contributed by atoms with Crippen molar-refractivity contribution in [3.05, 3.63) is 71.8 Å². The Morgan fingerprint density at radius 3 is 2.00 bits per heavy atom. The summed E-state index contributed by atoms with van der Waals surface area (Å²) in [7, 11) is 0. The van der Waals surface area contributed by atoms with Crippen molar-refractivity contribution in [2.75, 3.05) is 0 Å². The second-order valence-corrected chi connectivity index (χ2v) is 6.03. The average Bonchev–Trinajstić information content (AvgIpc) is 3.00. The molecule has 2 N–H and O–H groups in total. The Morgan fingerprint density at radius 2 is 1.40 bits per heavy atom. The van der Waals surface area contributed by atoms with Gasteiger partial charge in [-0.05, 0) is 30.4 Å². The molecule has 2 aromatic carbocycles. The highest BCUT2D eigenvalue weighted by molar-refractivity contribution is 5.30. The van der Waals surface area contributed by atoms with Crippen molar-refractivity contribution < 1.29 is 0 Å². The van der Waals surface area contributed by atoms with Gasteiger partial charge in [-0.1, -0.05) is 73.5 Å². The van der Waals surface area contributed by atoms with Crippen molar-refractivity contribution in [3.8, 4) is 0 Å². The highest BCUT2D eigenvalue weighted by atomic mass is 14.7. The zero-order valence-corrected chi connectivity index (χ0v) is 12.0. The second-order valence-electron chi connectivity index (χ2n) is 6.03. The van der Waals surface area contributed by atoms with E-state index in [9.17, 15) is 0 Å². The Morgan fingerprint density at radius 1 is 0.850 bits per heavy atom. The normalized spacial score (nSPS) is 18.9. The van der Waals surface area contributed by atoms with E-state index in [2.05, 4.69) is 60.7 Å². The predicted molar refractivity (Wildman–Crippen MR) is 84.7 cm³/mol. The van der Waals surface area contributed by atoms with E-state index in [1.807, 2.05) is 0 Å². The third kappa shape index (κ3) is 2.51. The molecule has 1 aliphatic carbocycles. The Balaban J connectivity index is 1.87. The van der Waals surface area contributed by atoms with Gasteiger partial charge in [0.1, 0.15) is 0 Å². The maximum atomic E-state index is 6.68. The molecule has 1 aliphatic rings. The van der Waals surface area contributed by atoms with E-state index in [-0.39, 0.29) is 11.5 Å². The number of benzene rings is 2. The lowest BCUT2D eigenvalue weighted by molar-refractivity contribution is 0.347. The lowest BCUT2D eigenvalue weighted by Crippen LogP contribution is -2.45. The molecule has 0 radical (unpaired) electrons. The van der Waals surface area contributed by atoms with Crippen LogP contribution in [0.4, 0.5) is 0 Å². The smallest absolute Gasteiger partial charge is 0.0177 e. The molecule has 0 heterocycles. The highest BCUT2D eigenvalue weighted by Gasteiger charge is 2.40. The summed E-state index contributed by atoms with van der Waals surface area (Å²) < 4.78 is 0. The Bertz CT molecular complexity index is 526. The maximum absolute atomic E-state index is 6.68. The van der Waals surface area contributed by atoms with Gasteiger partial charge in [0.05, 0.1) is 0 Å². The molecule has 20 heavy (non-hydrogen) atoms. The molecular formula is C19H23N. The monoisotopic (exact) mass is 265 g/mol. The SMILES string of the molecule is NC(Cc1ccccc1)C1(c2ccccc2)CCCC1. The molecule has 3 rings (SSSR count). The minimum absolute atomic E-state index is 0.178. The summed E-state index contributed by atoms with van der Waals surface area (Å²) in [5.41, 5.74) is 9.64. The first-order valence-corrected chi connectivity index (χ1v) is 7.66. The molecule has 0 aromatic heterocycles. The van der Waals surface area contributed by atoms with Crippen LogP contribution in [-0.4, -0.2) is 6.04 Å². The zero-order chi connectivity index (χ0) is 13.8. The van der Waals surface area contributed by atoms with Gasteiger partial charge in [0, 0.05) is 11.5 Å². The number of hydrogen-bond acceptors (Lipinski definition) is 1. The van der Waals surface area contributed by atoms with Crippen LogP contribution in [-0.2, 0) is 11.8 Å². The fraction of sp³-hybridized carbons (Fsp3) is 0.368. The molecule has 1 unspecified atom stereocenters. The van der Waals surface area contributed by atoms with Gasteiger partial charge < -0.3 is 5.73 Å². The first kappa shape index (κ1) is 13.4. The number of nitrogens with two attached hydrogens (primary N) is 1. The minimum Gasteiger partial charge on any atom is -0.327 e. The fourth-order valence-corrected chi connectivity index (χ4v) is 3.71. The first-order valence-electron chi connectivity index (χ1n) is 7.66. The molecule has 0 spiro atoms. The van der Waals surface area contributed by atoms with Gasteiger partial charge in [0.2, 0.25) is 0 Å². The van der Waals surface area contributed by atoms with Gasteiger partial charge in [-0.15, -0.1) is 0 Å². The van der Waals surface area contributed by atoms with E-state index in [0.29, 0.717) is 0 Å². The maximum Gasteiger partial charge on any atom is 0.0177 e. The van der Waals surface area contributed by atoms with E-state index in [0.717, 1.165) is 6.42 Å². The summed E-state index contributed by atoms with van der Waals surface area (Å²) in [5.74, 6) is 0. The van der Waals surface area contributed by atoms with Crippen LogP contribution in [0.1, 0.15) is 36.8 Å². The van der Waals surface area contributed by atoms with Crippen LogP contribution >= 0.6 is 0 Å². The van der Waals surface area contributed by atoms with Crippen molar-refractivity contribution in [1.29, 1.82) is 0 Å². The third-order valence-electron chi connectivity index (χ3n) is 4.85. The van der Waals surface area contributed by atoms with Crippen molar-refractivity contribution in [2.24, 2.45) is 5.73 Å². The summed E-state index contributed by atoms with van der Waals surface area (Å²) in [5, 5.41) is 0. The molecule has 1 atom stereocenters. The summed E-state index contributed by atoms with van der Waals surface area (Å²) >= 11 is 0. The molecular weight excluding hydrogens is 242 g/mol. The van der Waals surface area contributed by atoms with Crippen LogP contribution in [0.25, 0.3) is 0 Å². The molecule has 0 amide bonds. The van der Waals surface area contributed by atoms with E-state index >= 15 is 0 Å². The van der Waals surface area contributed by atoms with Crippen LogP contribution in [0.2, 0.25) is 0 Å². The highest BCUT2D eigenvalue weighted by Crippen LogP contribution is 2.43. The second kappa shape index (κ2) is 5.80. The zero-order valence-electron chi connectivity index (χ0n) is 12.0. The molecule has 1 fully saturated rings. The van der Waals surface area contributed by atoms with Crippen LogP contribution in [0.5, 0.6) is 0 Å². The standard InChI is InChI=1S/C19H23N/c20-18(15-16-9-3-1-4-10-16)19(13-7-8-14-19)17-11-5-2-6-12-17/h1-6,9-12,18H,7-8,13-15,20H2. The topological polar surface area (TPSA) is 26.0 Å². The van der Waals surface area contributed by atoms with Crippen molar-refractivity contribution in [3.63, 3.8) is 0 Å². The van der Waals surface area contributed by atoms with Crippen LogP contribution in [0.3, 0.4) is 0 Å². The van der Waals surface area contributed by atoms with Gasteiger partial charge in [0.25, 0.3) is 0 Å². The fourth-order valence-electron chi connectivity index (χ4n) is 3.71. The van der Waals surface area contributed by atoms with Gasteiger partial charge in [-0.3, -0.25) is 0 Å². The summed E-state index contributed by atoms with van der Waals surface area (Å²) in [4.78, 5) is 0. The lowest BCUT2D eigenvalue weighted by Gasteiger charge is -2.36. The van der Waals surface area contributed by atoms with Crippen LogP contribution < -0.4 is 5.73 Å². The van der Waals surface area contributed by atoms with E-state index in [4.69, 9.17) is 5.73 Å². The summed E-state index contributed by atoms with van der Waals surface area (Å²) in [6, 6.07) is 21.8. The van der Waals surface area contributed by atoms with E-state index in [1.54, 1.807) is 0 Å². The van der Waals surface area contributed by atoms with E-state index in [1.165, 1.54) is 36.8 Å². The van der Waals surface area contributed by atoms with Gasteiger partial charge in [-0.25, -0.2) is 0 Å². The third-order valence-corrected chi connectivity index (χ3v) is 4.85. The number of hydrogen-bond donors (Lipinski definition) is 1. The van der Waals surface area contributed by atoms with Crippen molar-refractivity contribution in [2.45, 2.75) is 43.6 Å². The van der Waals surface area contributed by atoms with Crippen molar-refractivity contribution in [1.82, 2.24) is 0 Å². The quantitative estimate of drug-likeness (QED) is 0.886. The van der Waals surface area contributed by atoms with Crippen molar-refractivity contribution >= 4 is 0 Å². The van der Waals surface area contributed by atoms with Crippen LogP contribution in [0, 0.1) is 0 Å². The lowest BCUT2D eigenvalue weighted by atomic mass is 9.71. The summed E-state index contributed by atoms with van der Waals surface area (Å²) in [6.07, 6.45) is 6.03. The minimum atomic E-state index is 0.178. The van der Waals surface area contributed by atoms with Gasteiger partial charge >= 0.3 is 0 Å².